The lowest BCUT2D eigenvalue weighted by atomic mass is 9.94. The second-order valence-electron chi connectivity index (χ2n) is 6.65. The summed E-state index contributed by atoms with van der Waals surface area (Å²) in [6, 6.07) is 20.3. The average molecular weight is 364 g/mol. The molecule has 3 aromatic rings. The van der Waals surface area contributed by atoms with Gasteiger partial charge in [0.05, 0.1) is 6.42 Å². The Hall–Kier alpha value is -2.59. The summed E-state index contributed by atoms with van der Waals surface area (Å²) in [5.74, 6) is -0.0588. The van der Waals surface area contributed by atoms with Crippen molar-refractivity contribution in [3.05, 3.63) is 87.6 Å². The van der Waals surface area contributed by atoms with Gasteiger partial charge in [-0.3, -0.25) is 4.79 Å². The summed E-state index contributed by atoms with van der Waals surface area (Å²) >= 11 is 1.60. The maximum Gasteiger partial charge on any atom is 0.304 e. The van der Waals surface area contributed by atoms with Crippen LogP contribution in [0.25, 0.3) is 0 Å². The Morgan fingerprint density at radius 3 is 2.31 bits per heavy atom. The van der Waals surface area contributed by atoms with Crippen molar-refractivity contribution in [1.82, 2.24) is 0 Å². The van der Waals surface area contributed by atoms with Crippen LogP contribution in [0.5, 0.6) is 5.75 Å². The molecule has 0 radical (unpaired) electrons. The van der Waals surface area contributed by atoms with Gasteiger partial charge in [-0.1, -0.05) is 42.5 Å². The molecule has 1 aromatic heterocycles. The van der Waals surface area contributed by atoms with E-state index in [0.717, 1.165) is 29.0 Å². The normalized spacial score (nSPS) is 14.8. The van der Waals surface area contributed by atoms with Crippen LogP contribution in [0.2, 0.25) is 0 Å². The summed E-state index contributed by atoms with van der Waals surface area (Å²) in [6.07, 6.45) is 2.15. The van der Waals surface area contributed by atoms with Gasteiger partial charge in [-0.05, 0) is 40.3 Å². The number of carboxylic acids is 1. The van der Waals surface area contributed by atoms with Gasteiger partial charge >= 0.3 is 5.97 Å². The van der Waals surface area contributed by atoms with Crippen LogP contribution >= 0.6 is 11.3 Å². The van der Waals surface area contributed by atoms with Crippen LogP contribution in [0, 0.1) is 0 Å². The van der Waals surface area contributed by atoms with Crippen molar-refractivity contribution < 1.29 is 14.6 Å². The highest BCUT2D eigenvalue weighted by Gasteiger charge is 2.23. The highest BCUT2D eigenvalue weighted by molar-refractivity contribution is 7.10. The summed E-state index contributed by atoms with van der Waals surface area (Å²) < 4.78 is 6.15. The SMILES string of the molecule is O=C(O)CC(c1ccc(OC2Cc3ccccc3C2)cc1)c1cccs1. The minimum atomic E-state index is -0.785. The number of hydrogen-bond donors (Lipinski definition) is 1. The first kappa shape index (κ1) is 16.9. The minimum absolute atomic E-state index is 0.0959. The van der Waals surface area contributed by atoms with Gasteiger partial charge in [0.2, 0.25) is 0 Å². The second-order valence-corrected chi connectivity index (χ2v) is 7.63. The number of thiophene rings is 1. The van der Waals surface area contributed by atoms with Crippen LogP contribution in [-0.2, 0) is 17.6 Å². The van der Waals surface area contributed by atoms with Crippen molar-refractivity contribution >= 4 is 17.3 Å². The fourth-order valence-electron chi connectivity index (χ4n) is 3.62. The van der Waals surface area contributed by atoms with E-state index in [2.05, 4.69) is 24.3 Å². The molecule has 26 heavy (non-hydrogen) atoms. The van der Waals surface area contributed by atoms with Crippen molar-refractivity contribution in [2.24, 2.45) is 0 Å². The molecule has 0 saturated heterocycles. The second kappa shape index (κ2) is 7.34. The first-order valence-corrected chi connectivity index (χ1v) is 9.65. The molecule has 4 heteroatoms. The van der Waals surface area contributed by atoms with Crippen LogP contribution in [0.15, 0.2) is 66.0 Å². The third-order valence-corrected chi connectivity index (χ3v) is 5.85. The molecule has 1 aliphatic carbocycles. The molecule has 1 atom stereocenters. The van der Waals surface area contributed by atoms with Crippen LogP contribution in [0.1, 0.15) is 33.9 Å². The maximum atomic E-state index is 11.3. The largest absolute Gasteiger partial charge is 0.490 e. The molecule has 3 nitrogen and oxygen atoms in total. The van der Waals surface area contributed by atoms with E-state index in [-0.39, 0.29) is 18.4 Å². The molecule has 1 aliphatic rings. The minimum Gasteiger partial charge on any atom is -0.490 e. The Balaban J connectivity index is 1.47. The van der Waals surface area contributed by atoms with E-state index in [1.54, 1.807) is 11.3 Å². The average Bonchev–Trinajstić information content (AvgIpc) is 3.29. The molecular formula is C22H20O3S. The standard InChI is InChI=1S/C22H20O3S/c23-22(24)14-20(21-6-3-11-26-21)15-7-9-18(10-8-15)25-19-12-16-4-1-2-5-17(16)13-19/h1-11,19-20H,12-14H2,(H,23,24). The number of carbonyl (C=O) groups is 1. The fourth-order valence-corrected chi connectivity index (χ4v) is 4.47. The van der Waals surface area contributed by atoms with E-state index < -0.39 is 5.97 Å². The van der Waals surface area contributed by atoms with Gasteiger partial charge < -0.3 is 9.84 Å². The third-order valence-electron chi connectivity index (χ3n) is 4.86. The van der Waals surface area contributed by atoms with Crippen LogP contribution in [-0.4, -0.2) is 17.2 Å². The highest BCUT2D eigenvalue weighted by Crippen LogP contribution is 2.33. The summed E-state index contributed by atoms with van der Waals surface area (Å²) in [5.41, 5.74) is 3.75. The van der Waals surface area contributed by atoms with Gasteiger partial charge in [0.1, 0.15) is 11.9 Å². The number of hydrogen-bond acceptors (Lipinski definition) is 3. The lowest BCUT2D eigenvalue weighted by Gasteiger charge is -2.16. The molecule has 0 aliphatic heterocycles. The molecule has 0 amide bonds. The van der Waals surface area contributed by atoms with Gasteiger partial charge in [-0.2, -0.15) is 0 Å². The lowest BCUT2D eigenvalue weighted by Crippen LogP contribution is -2.16. The van der Waals surface area contributed by atoms with E-state index in [1.165, 1.54) is 11.1 Å². The Bertz CT molecular complexity index is 859. The molecule has 1 heterocycles. The monoisotopic (exact) mass is 364 g/mol. The third kappa shape index (κ3) is 3.65. The molecular weight excluding hydrogens is 344 g/mol. The van der Waals surface area contributed by atoms with Gasteiger partial charge in [0, 0.05) is 23.6 Å². The molecule has 0 bridgehead atoms. The molecule has 4 rings (SSSR count). The molecule has 2 aromatic carbocycles. The fraction of sp³-hybridized carbons (Fsp3) is 0.227. The van der Waals surface area contributed by atoms with Gasteiger partial charge in [-0.15, -0.1) is 11.3 Å². The summed E-state index contributed by atoms with van der Waals surface area (Å²) in [4.78, 5) is 12.3. The number of fused-ring (bicyclic) bond motifs is 1. The van der Waals surface area contributed by atoms with Crippen molar-refractivity contribution in [2.45, 2.75) is 31.3 Å². The maximum absolute atomic E-state index is 11.3. The highest BCUT2D eigenvalue weighted by atomic mass is 32.1. The molecule has 1 unspecified atom stereocenters. The summed E-state index contributed by atoms with van der Waals surface area (Å²) in [7, 11) is 0. The predicted molar refractivity (Wildman–Crippen MR) is 103 cm³/mol. The number of rotatable bonds is 6. The number of benzene rings is 2. The number of ether oxygens (including phenoxy) is 1. The Kier molecular flexibility index (Phi) is 4.76. The molecule has 132 valence electrons. The Morgan fingerprint density at radius 2 is 1.73 bits per heavy atom. The lowest BCUT2D eigenvalue weighted by molar-refractivity contribution is -0.137. The molecule has 0 spiro atoms. The van der Waals surface area contributed by atoms with Crippen molar-refractivity contribution in [2.75, 3.05) is 0 Å². The van der Waals surface area contributed by atoms with E-state index in [9.17, 15) is 9.90 Å². The van der Waals surface area contributed by atoms with Gasteiger partial charge in [0.15, 0.2) is 0 Å². The topological polar surface area (TPSA) is 46.5 Å². The molecule has 1 N–H and O–H groups in total. The van der Waals surface area contributed by atoms with E-state index in [4.69, 9.17) is 4.74 Å². The summed E-state index contributed by atoms with van der Waals surface area (Å²) in [6.45, 7) is 0. The van der Waals surface area contributed by atoms with E-state index in [0.29, 0.717) is 0 Å². The number of aliphatic carboxylic acids is 1. The summed E-state index contributed by atoms with van der Waals surface area (Å²) in [5, 5.41) is 11.2. The van der Waals surface area contributed by atoms with Crippen LogP contribution in [0.3, 0.4) is 0 Å². The van der Waals surface area contributed by atoms with Crippen molar-refractivity contribution in [1.29, 1.82) is 0 Å². The van der Waals surface area contributed by atoms with Gasteiger partial charge in [0.25, 0.3) is 0 Å². The molecule has 0 fully saturated rings. The van der Waals surface area contributed by atoms with Crippen LogP contribution in [0.4, 0.5) is 0 Å². The molecule has 0 saturated carbocycles. The van der Waals surface area contributed by atoms with Crippen molar-refractivity contribution in [3.8, 4) is 5.75 Å². The Labute approximate surface area is 156 Å². The first-order chi connectivity index (χ1) is 12.7. The predicted octanol–water partition coefficient (Wildman–Crippen LogP) is 4.90. The smallest absolute Gasteiger partial charge is 0.304 e. The van der Waals surface area contributed by atoms with Crippen molar-refractivity contribution in [3.63, 3.8) is 0 Å². The Morgan fingerprint density at radius 1 is 1.04 bits per heavy atom. The van der Waals surface area contributed by atoms with E-state index in [1.807, 2.05) is 41.8 Å². The van der Waals surface area contributed by atoms with Gasteiger partial charge in [-0.25, -0.2) is 0 Å². The van der Waals surface area contributed by atoms with Crippen LogP contribution < -0.4 is 4.74 Å². The first-order valence-electron chi connectivity index (χ1n) is 8.77. The quantitative estimate of drug-likeness (QED) is 0.677. The number of carboxylic acid groups (broad SMARTS) is 1. The van der Waals surface area contributed by atoms with E-state index >= 15 is 0 Å². The zero-order valence-electron chi connectivity index (χ0n) is 14.3. The zero-order valence-corrected chi connectivity index (χ0v) is 15.1. The zero-order chi connectivity index (χ0) is 17.9.